The standard InChI is InChI=1S/C26H21NO5/c1-31-24-15-25(32-2)20(22-14-18-5-3-4-6-21(18)27-22)13-19(24)11-12-23(28)16-7-9-17(10-8-16)26(29)30/h3-15,27H,1-2H3,(H,29,30)/b12-11+. The second-order valence-electron chi connectivity index (χ2n) is 7.14. The van der Waals surface area contributed by atoms with Crippen LogP contribution in [0.3, 0.4) is 0 Å². The van der Waals surface area contributed by atoms with Crippen LogP contribution in [0.1, 0.15) is 26.3 Å². The highest BCUT2D eigenvalue weighted by molar-refractivity contribution is 6.07. The van der Waals surface area contributed by atoms with Gasteiger partial charge in [0.05, 0.1) is 25.5 Å². The molecule has 0 radical (unpaired) electrons. The number of hydrogen-bond donors (Lipinski definition) is 2. The van der Waals surface area contributed by atoms with Gasteiger partial charge in [0.2, 0.25) is 0 Å². The van der Waals surface area contributed by atoms with Crippen molar-refractivity contribution in [1.29, 1.82) is 0 Å². The summed E-state index contributed by atoms with van der Waals surface area (Å²) in [5.74, 6) is -0.0767. The number of carboxylic acid groups (broad SMARTS) is 1. The number of allylic oxidation sites excluding steroid dienone is 1. The first-order chi connectivity index (χ1) is 15.5. The van der Waals surface area contributed by atoms with Crippen molar-refractivity contribution in [2.45, 2.75) is 0 Å². The quantitative estimate of drug-likeness (QED) is 0.303. The Morgan fingerprint density at radius 2 is 1.56 bits per heavy atom. The van der Waals surface area contributed by atoms with Crippen molar-refractivity contribution in [2.24, 2.45) is 0 Å². The number of ether oxygens (including phenoxy) is 2. The lowest BCUT2D eigenvalue weighted by Crippen LogP contribution is -1.99. The van der Waals surface area contributed by atoms with Gasteiger partial charge in [-0.15, -0.1) is 0 Å². The molecule has 6 nitrogen and oxygen atoms in total. The molecule has 0 unspecified atom stereocenters. The number of fused-ring (bicyclic) bond motifs is 1. The van der Waals surface area contributed by atoms with Gasteiger partial charge in [0.25, 0.3) is 0 Å². The van der Waals surface area contributed by atoms with Crippen LogP contribution in [0.15, 0.2) is 72.8 Å². The van der Waals surface area contributed by atoms with Gasteiger partial charge in [0.15, 0.2) is 5.78 Å². The highest BCUT2D eigenvalue weighted by Gasteiger charge is 2.14. The van der Waals surface area contributed by atoms with Gasteiger partial charge in [-0.1, -0.05) is 30.3 Å². The molecule has 0 aliphatic heterocycles. The average Bonchev–Trinajstić information content (AvgIpc) is 3.26. The van der Waals surface area contributed by atoms with Crippen LogP contribution in [0.2, 0.25) is 0 Å². The first kappa shape index (κ1) is 20.9. The second-order valence-corrected chi connectivity index (χ2v) is 7.14. The van der Waals surface area contributed by atoms with Crippen molar-refractivity contribution in [1.82, 2.24) is 4.98 Å². The molecule has 1 aromatic heterocycles. The van der Waals surface area contributed by atoms with E-state index in [-0.39, 0.29) is 11.3 Å². The molecule has 4 rings (SSSR count). The van der Waals surface area contributed by atoms with E-state index >= 15 is 0 Å². The molecule has 0 aliphatic rings. The van der Waals surface area contributed by atoms with Gasteiger partial charge >= 0.3 is 5.97 Å². The highest BCUT2D eigenvalue weighted by atomic mass is 16.5. The van der Waals surface area contributed by atoms with Crippen molar-refractivity contribution in [2.75, 3.05) is 14.2 Å². The SMILES string of the molecule is COc1cc(OC)c(-c2cc3ccccc3[nH]2)cc1/C=C/C(=O)c1ccc(C(=O)O)cc1. The summed E-state index contributed by atoms with van der Waals surface area (Å²) in [7, 11) is 3.15. The number of methoxy groups -OCH3 is 2. The number of carbonyl (C=O) groups excluding carboxylic acids is 1. The smallest absolute Gasteiger partial charge is 0.335 e. The van der Waals surface area contributed by atoms with Crippen LogP contribution < -0.4 is 9.47 Å². The fraction of sp³-hybridized carbons (Fsp3) is 0.0769. The molecular formula is C26H21NO5. The van der Waals surface area contributed by atoms with Crippen LogP contribution in [0.25, 0.3) is 28.2 Å². The lowest BCUT2D eigenvalue weighted by Gasteiger charge is -2.12. The normalized spacial score (nSPS) is 11.1. The van der Waals surface area contributed by atoms with Gasteiger partial charge in [-0.3, -0.25) is 4.79 Å². The van der Waals surface area contributed by atoms with E-state index in [1.165, 1.54) is 30.3 Å². The number of ketones is 1. The number of nitrogens with one attached hydrogen (secondary N) is 1. The number of benzene rings is 3. The van der Waals surface area contributed by atoms with E-state index in [1.54, 1.807) is 26.4 Å². The molecule has 0 spiro atoms. The number of hydrogen-bond acceptors (Lipinski definition) is 4. The van der Waals surface area contributed by atoms with Crippen molar-refractivity contribution in [3.8, 4) is 22.8 Å². The summed E-state index contributed by atoms with van der Waals surface area (Å²) in [5, 5.41) is 10.1. The molecule has 3 aromatic carbocycles. The Hall–Kier alpha value is -4.32. The fourth-order valence-corrected chi connectivity index (χ4v) is 3.52. The van der Waals surface area contributed by atoms with E-state index < -0.39 is 5.97 Å². The van der Waals surface area contributed by atoms with Gasteiger partial charge in [-0.25, -0.2) is 4.79 Å². The minimum absolute atomic E-state index is 0.130. The zero-order chi connectivity index (χ0) is 22.7. The fourth-order valence-electron chi connectivity index (χ4n) is 3.52. The highest BCUT2D eigenvalue weighted by Crippen LogP contribution is 2.37. The summed E-state index contributed by atoms with van der Waals surface area (Å²) in [6.07, 6.45) is 3.12. The van der Waals surface area contributed by atoms with Gasteiger partial charge < -0.3 is 19.6 Å². The Kier molecular flexibility index (Phi) is 5.77. The van der Waals surface area contributed by atoms with Crippen molar-refractivity contribution in [3.05, 3.63) is 89.5 Å². The maximum Gasteiger partial charge on any atom is 0.335 e. The molecule has 0 fully saturated rings. The van der Waals surface area contributed by atoms with Crippen LogP contribution in [0.5, 0.6) is 11.5 Å². The van der Waals surface area contributed by atoms with E-state index in [0.717, 1.165) is 22.2 Å². The Morgan fingerprint density at radius 3 is 2.22 bits per heavy atom. The summed E-state index contributed by atoms with van der Waals surface area (Å²) in [6.45, 7) is 0. The molecule has 0 atom stereocenters. The van der Waals surface area contributed by atoms with Crippen LogP contribution in [0.4, 0.5) is 0 Å². The molecule has 0 saturated heterocycles. The number of para-hydroxylation sites is 1. The van der Waals surface area contributed by atoms with Crippen LogP contribution in [0, 0.1) is 0 Å². The molecular weight excluding hydrogens is 406 g/mol. The molecule has 32 heavy (non-hydrogen) atoms. The summed E-state index contributed by atoms with van der Waals surface area (Å²) in [5.41, 5.74) is 3.97. The number of rotatable bonds is 7. The minimum atomic E-state index is -1.04. The lowest BCUT2D eigenvalue weighted by molar-refractivity contribution is 0.0696. The average molecular weight is 427 g/mol. The third-order valence-corrected chi connectivity index (χ3v) is 5.20. The summed E-state index contributed by atoms with van der Waals surface area (Å²) in [6, 6.07) is 19.5. The van der Waals surface area contributed by atoms with Gasteiger partial charge in [-0.2, -0.15) is 0 Å². The number of aromatic nitrogens is 1. The zero-order valence-corrected chi connectivity index (χ0v) is 17.6. The first-order valence-corrected chi connectivity index (χ1v) is 9.90. The van der Waals surface area contributed by atoms with Gasteiger partial charge in [0, 0.05) is 33.7 Å². The van der Waals surface area contributed by atoms with Gasteiger partial charge in [0.1, 0.15) is 11.5 Å². The number of aromatic carboxylic acids is 1. The predicted molar refractivity (Wildman–Crippen MR) is 124 cm³/mol. The molecule has 160 valence electrons. The van der Waals surface area contributed by atoms with E-state index in [9.17, 15) is 9.59 Å². The van der Waals surface area contributed by atoms with Crippen LogP contribution >= 0.6 is 0 Å². The maximum atomic E-state index is 12.6. The zero-order valence-electron chi connectivity index (χ0n) is 17.6. The second kappa shape index (κ2) is 8.81. The van der Waals surface area contributed by atoms with Crippen molar-refractivity contribution >= 4 is 28.7 Å². The summed E-state index contributed by atoms with van der Waals surface area (Å²) >= 11 is 0. The number of carboxylic acids is 1. The third-order valence-electron chi connectivity index (χ3n) is 5.20. The summed E-state index contributed by atoms with van der Waals surface area (Å²) < 4.78 is 11.1. The van der Waals surface area contributed by atoms with Crippen LogP contribution in [-0.4, -0.2) is 36.1 Å². The van der Waals surface area contributed by atoms with E-state index in [1.807, 2.05) is 36.4 Å². The molecule has 0 bridgehead atoms. The molecule has 0 saturated carbocycles. The van der Waals surface area contributed by atoms with E-state index in [4.69, 9.17) is 14.6 Å². The molecule has 2 N–H and O–H groups in total. The van der Waals surface area contributed by atoms with Crippen LogP contribution in [-0.2, 0) is 0 Å². The Bertz CT molecular complexity index is 1300. The molecule has 4 aromatic rings. The minimum Gasteiger partial charge on any atom is -0.496 e. The Labute approximate surface area is 184 Å². The third kappa shape index (κ3) is 4.11. The topological polar surface area (TPSA) is 88.6 Å². The molecule has 1 heterocycles. The molecule has 0 amide bonds. The predicted octanol–water partition coefficient (Wildman–Crippen LogP) is 5.45. The number of aromatic amines is 1. The van der Waals surface area contributed by atoms with Crippen molar-refractivity contribution < 1.29 is 24.2 Å². The van der Waals surface area contributed by atoms with Gasteiger partial charge in [-0.05, 0) is 42.5 Å². The maximum absolute atomic E-state index is 12.6. The summed E-state index contributed by atoms with van der Waals surface area (Å²) in [4.78, 5) is 27.0. The van der Waals surface area contributed by atoms with Crippen molar-refractivity contribution in [3.63, 3.8) is 0 Å². The largest absolute Gasteiger partial charge is 0.496 e. The van der Waals surface area contributed by atoms with E-state index in [2.05, 4.69) is 4.98 Å². The first-order valence-electron chi connectivity index (χ1n) is 9.90. The molecule has 0 aliphatic carbocycles. The Balaban J connectivity index is 1.70. The monoisotopic (exact) mass is 427 g/mol. The number of carbonyl (C=O) groups is 2. The lowest BCUT2D eigenvalue weighted by atomic mass is 10.0. The molecule has 6 heteroatoms. The Morgan fingerprint density at radius 1 is 0.875 bits per heavy atom. The van der Waals surface area contributed by atoms with E-state index in [0.29, 0.717) is 22.6 Å². The number of H-pyrrole nitrogens is 1.